The van der Waals surface area contributed by atoms with Crippen molar-refractivity contribution in [2.45, 2.75) is 65.4 Å². The lowest BCUT2D eigenvalue weighted by Crippen LogP contribution is -2.30. The molecule has 0 aliphatic rings. The molecule has 0 rings (SSSR count). The molecule has 0 saturated heterocycles. The highest BCUT2D eigenvalue weighted by molar-refractivity contribution is 5.71. The van der Waals surface area contributed by atoms with E-state index in [9.17, 15) is 14.4 Å². The minimum absolute atomic E-state index is 0.0896. The maximum atomic E-state index is 11.5. The highest BCUT2D eigenvalue weighted by Gasteiger charge is 2.18. The second-order valence-corrected chi connectivity index (χ2v) is 5.18. The third kappa shape index (κ3) is 18.5. The van der Waals surface area contributed by atoms with Crippen molar-refractivity contribution >= 4 is 17.9 Å². The third-order valence-electron chi connectivity index (χ3n) is 2.62. The molecular formula is C17H32O8. The van der Waals surface area contributed by atoms with Crippen molar-refractivity contribution < 1.29 is 38.8 Å². The van der Waals surface area contributed by atoms with Gasteiger partial charge in [-0.3, -0.25) is 14.4 Å². The Balaban J connectivity index is 0. The number of aliphatic hydroxyl groups excluding tert-OH is 2. The molecule has 0 heterocycles. The normalized spacial score (nSPS) is 9.84. The van der Waals surface area contributed by atoms with Gasteiger partial charge in [-0.2, -0.15) is 0 Å². The van der Waals surface area contributed by atoms with Gasteiger partial charge < -0.3 is 24.4 Å². The summed E-state index contributed by atoms with van der Waals surface area (Å²) in [5.41, 5.74) is 0. The van der Waals surface area contributed by atoms with Crippen LogP contribution in [-0.4, -0.2) is 60.7 Å². The van der Waals surface area contributed by atoms with E-state index in [1.165, 1.54) is 0 Å². The zero-order valence-electron chi connectivity index (χ0n) is 15.5. The molecule has 25 heavy (non-hydrogen) atoms. The third-order valence-corrected chi connectivity index (χ3v) is 2.62. The maximum absolute atomic E-state index is 11.5. The Bertz CT molecular complexity index is 333. The first kappa shape index (κ1) is 25.6. The van der Waals surface area contributed by atoms with Crippen LogP contribution in [0.15, 0.2) is 0 Å². The number of aliphatic hydroxyl groups is 2. The molecule has 0 amide bonds. The van der Waals surface area contributed by atoms with Crippen LogP contribution in [0.3, 0.4) is 0 Å². The molecule has 0 aromatic carbocycles. The summed E-state index contributed by atoms with van der Waals surface area (Å²) in [4.78, 5) is 34.1. The van der Waals surface area contributed by atoms with E-state index < -0.39 is 6.10 Å². The molecule has 0 fully saturated rings. The molecule has 148 valence electrons. The van der Waals surface area contributed by atoms with Gasteiger partial charge in [0, 0.05) is 19.3 Å². The molecule has 0 aliphatic carbocycles. The average molecular weight is 364 g/mol. The van der Waals surface area contributed by atoms with E-state index >= 15 is 0 Å². The first-order valence-corrected chi connectivity index (χ1v) is 8.67. The molecule has 0 spiro atoms. The van der Waals surface area contributed by atoms with Crippen LogP contribution in [-0.2, 0) is 28.6 Å². The lowest BCUT2D eigenvalue weighted by molar-refractivity contribution is -0.166. The second kappa shape index (κ2) is 18.7. The van der Waals surface area contributed by atoms with E-state index in [0.717, 1.165) is 0 Å². The van der Waals surface area contributed by atoms with Crippen molar-refractivity contribution in [2.24, 2.45) is 0 Å². The van der Waals surface area contributed by atoms with E-state index in [0.29, 0.717) is 32.1 Å². The Hall–Kier alpha value is -1.67. The molecule has 0 aromatic rings. The molecule has 0 aromatic heterocycles. The molecule has 0 aliphatic heterocycles. The minimum Gasteiger partial charge on any atom is -0.462 e. The summed E-state index contributed by atoms with van der Waals surface area (Å²) in [5.74, 6) is -1.09. The molecule has 2 N–H and O–H groups in total. The Labute approximate surface area is 149 Å². The van der Waals surface area contributed by atoms with Crippen molar-refractivity contribution in [3.05, 3.63) is 0 Å². The fourth-order valence-corrected chi connectivity index (χ4v) is 1.49. The quantitative estimate of drug-likeness (QED) is 0.393. The molecule has 0 bridgehead atoms. The van der Waals surface area contributed by atoms with Crippen molar-refractivity contribution in [1.82, 2.24) is 0 Å². The van der Waals surface area contributed by atoms with Gasteiger partial charge >= 0.3 is 17.9 Å². The molecule has 0 radical (unpaired) electrons. The smallest absolute Gasteiger partial charge is 0.306 e. The molecule has 8 nitrogen and oxygen atoms in total. The number of hydrogen-bond donors (Lipinski definition) is 2. The number of hydrogen-bond acceptors (Lipinski definition) is 8. The number of carbonyl (C=O) groups is 3. The van der Waals surface area contributed by atoms with E-state index in [-0.39, 0.29) is 50.8 Å². The predicted octanol–water partition coefficient (Wildman–Crippen LogP) is 1.36. The van der Waals surface area contributed by atoms with Crippen LogP contribution in [0.2, 0.25) is 0 Å². The van der Waals surface area contributed by atoms with Crippen LogP contribution in [0, 0.1) is 0 Å². The summed E-state index contributed by atoms with van der Waals surface area (Å²) in [6.07, 6.45) is 2.19. The Morgan fingerprint density at radius 3 is 1.40 bits per heavy atom. The largest absolute Gasteiger partial charge is 0.462 e. The fourth-order valence-electron chi connectivity index (χ4n) is 1.49. The predicted molar refractivity (Wildman–Crippen MR) is 90.7 cm³/mol. The molecule has 0 saturated carbocycles. The van der Waals surface area contributed by atoms with Crippen LogP contribution in [0.25, 0.3) is 0 Å². The van der Waals surface area contributed by atoms with Crippen molar-refractivity contribution in [3.8, 4) is 0 Å². The van der Waals surface area contributed by atoms with Gasteiger partial charge in [-0.05, 0) is 19.3 Å². The lowest BCUT2D eigenvalue weighted by Gasteiger charge is -2.18. The second-order valence-electron chi connectivity index (χ2n) is 5.18. The maximum Gasteiger partial charge on any atom is 0.306 e. The summed E-state index contributed by atoms with van der Waals surface area (Å²) in [7, 11) is 0. The molecule has 0 atom stereocenters. The SMILES string of the molecule is CCCC(=O)OCC(COC(=O)CCC)OC(=O)CCC.OCCO. The van der Waals surface area contributed by atoms with Gasteiger partial charge in [-0.25, -0.2) is 0 Å². The van der Waals surface area contributed by atoms with Crippen molar-refractivity contribution in [3.63, 3.8) is 0 Å². The first-order chi connectivity index (χ1) is 11.9. The van der Waals surface area contributed by atoms with E-state index in [4.69, 9.17) is 24.4 Å². The highest BCUT2D eigenvalue weighted by Crippen LogP contribution is 2.03. The monoisotopic (exact) mass is 364 g/mol. The first-order valence-electron chi connectivity index (χ1n) is 8.67. The van der Waals surface area contributed by atoms with Crippen molar-refractivity contribution in [1.29, 1.82) is 0 Å². The lowest BCUT2D eigenvalue weighted by atomic mass is 10.3. The molecule has 8 heteroatoms. The van der Waals surface area contributed by atoms with Gasteiger partial charge in [-0.15, -0.1) is 0 Å². The van der Waals surface area contributed by atoms with Crippen LogP contribution in [0.5, 0.6) is 0 Å². The topological polar surface area (TPSA) is 119 Å². The summed E-state index contributed by atoms with van der Waals surface area (Å²) in [6.45, 7) is 5.17. The summed E-state index contributed by atoms with van der Waals surface area (Å²) >= 11 is 0. The van der Waals surface area contributed by atoms with E-state index in [1.54, 1.807) is 0 Å². The Morgan fingerprint density at radius 1 is 0.720 bits per heavy atom. The van der Waals surface area contributed by atoms with E-state index in [1.807, 2.05) is 20.8 Å². The number of esters is 3. The zero-order valence-corrected chi connectivity index (χ0v) is 15.5. The number of carbonyl (C=O) groups excluding carboxylic acids is 3. The number of ether oxygens (including phenoxy) is 3. The van der Waals surface area contributed by atoms with Crippen LogP contribution in [0.1, 0.15) is 59.3 Å². The van der Waals surface area contributed by atoms with Gasteiger partial charge in [0.2, 0.25) is 0 Å². The fraction of sp³-hybridized carbons (Fsp3) is 0.824. The Kier molecular flexibility index (Phi) is 19.1. The summed E-state index contributed by atoms with van der Waals surface area (Å²) < 4.78 is 15.2. The van der Waals surface area contributed by atoms with Gasteiger partial charge in [0.25, 0.3) is 0 Å². The van der Waals surface area contributed by atoms with Gasteiger partial charge in [-0.1, -0.05) is 20.8 Å². The van der Waals surface area contributed by atoms with Gasteiger partial charge in [0.1, 0.15) is 13.2 Å². The van der Waals surface area contributed by atoms with Crippen LogP contribution in [0.4, 0.5) is 0 Å². The highest BCUT2D eigenvalue weighted by atomic mass is 16.6. The Morgan fingerprint density at radius 2 is 1.08 bits per heavy atom. The van der Waals surface area contributed by atoms with Crippen LogP contribution >= 0.6 is 0 Å². The van der Waals surface area contributed by atoms with Gasteiger partial charge in [0.15, 0.2) is 6.10 Å². The standard InChI is InChI=1S/C15H26O6.C2H6O2/c1-4-7-13(16)19-10-12(21-15(18)9-6-3)11-20-14(17)8-5-2;3-1-2-4/h12H,4-11H2,1-3H3;3-4H,1-2H2. The van der Waals surface area contributed by atoms with Gasteiger partial charge in [0.05, 0.1) is 13.2 Å². The van der Waals surface area contributed by atoms with Crippen LogP contribution < -0.4 is 0 Å². The average Bonchev–Trinajstić information content (AvgIpc) is 2.58. The summed E-state index contributed by atoms with van der Waals surface area (Å²) in [5, 5.41) is 15.2. The zero-order chi connectivity index (χ0) is 19.5. The van der Waals surface area contributed by atoms with Crippen molar-refractivity contribution in [2.75, 3.05) is 26.4 Å². The van der Waals surface area contributed by atoms with E-state index in [2.05, 4.69) is 0 Å². The molecular weight excluding hydrogens is 332 g/mol. The number of rotatable bonds is 12. The minimum atomic E-state index is -0.745. The molecule has 0 unspecified atom stereocenters. The summed E-state index contributed by atoms with van der Waals surface area (Å²) in [6, 6.07) is 0.